The molecule has 0 bridgehead atoms. The van der Waals surface area contributed by atoms with E-state index in [9.17, 15) is 24.3 Å². The molecule has 0 fully saturated rings. The summed E-state index contributed by atoms with van der Waals surface area (Å²) < 4.78 is 20.4. The predicted molar refractivity (Wildman–Crippen MR) is 143 cm³/mol. The second-order valence-electron chi connectivity index (χ2n) is 9.25. The highest BCUT2D eigenvalue weighted by atomic mass is 16.7. The predicted octanol–water partition coefficient (Wildman–Crippen LogP) is 3.98. The Bertz CT molecular complexity index is 1150. The van der Waals surface area contributed by atoms with Crippen molar-refractivity contribution in [2.45, 2.75) is 38.9 Å². The van der Waals surface area contributed by atoms with Gasteiger partial charge in [-0.1, -0.05) is 49.6 Å². The summed E-state index contributed by atoms with van der Waals surface area (Å²) in [6.45, 7) is 9.61. The van der Waals surface area contributed by atoms with Gasteiger partial charge in [0.25, 0.3) is 0 Å². The number of rotatable bonds is 14. The van der Waals surface area contributed by atoms with E-state index in [1.54, 1.807) is 36.4 Å². The van der Waals surface area contributed by atoms with Crippen LogP contribution < -0.4 is 0 Å². The number of aliphatic hydroxyl groups is 1. The molecule has 0 aromatic heterocycles. The minimum atomic E-state index is -1.72. The van der Waals surface area contributed by atoms with Crippen molar-refractivity contribution in [3.63, 3.8) is 0 Å². The lowest BCUT2D eigenvalue weighted by Crippen LogP contribution is -2.44. The summed E-state index contributed by atoms with van der Waals surface area (Å²) in [4.78, 5) is 50.8. The molecule has 208 valence electrons. The fourth-order valence-electron chi connectivity index (χ4n) is 3.74. The van der Waals surface area contributed by atoms with Crippen LogP contribution in [0.2, 0.25) is 0 Å². The maximum absolute atomic E-state index is 13.4. The Morgan fingerprint density at radius 2 is 1.26 bits per heavy atom. The first-order valence-electron chi connectivity index (χ1n) is 12.2. The van der Waals surface area contributed by atoms with E-state index in [2.05, 4.69) is 13.2 Å². The van der Waals surface area contributed by atoms with Gasteiger partial charge in [0.05, 0.1) is 18.2 Å². The highest BCUT2D eigenvalue weighted by Gasteiger charge is 2.48. The van der Waals surface area contributed by atoms with E-state index in [1.807, 2.05) is 0 Å². The largest absolute Gasteiger partial charge is 0.465 e. The number of benzene rings is 2. The van der Waals surface area contributed by atoms with Crippen LogP contribution in [0.5, 0.6) is 0 Å². The van der Waals surface area contributed by atoms with E-state index in [4.69, 9.17) is 18.9 Å². The van der Waals surface area contributed by atoms with Crippen molar-refractivity contribution in [1.82, 2.24) is 0 Å². The first kappa shape index (κ1) is 31.0. The number of esters is 4. The van der Waals surface area contributed by atoms with Crippen molar-refractivity contribution in [2.24, 2.45) is 5.41 Å². The van der Waals surface area contributed by atoms with Crippen LogP contribution in [-0.2, 0) is 41.4 Å². The molecule has 0 radical (unpaired) electrons. The van der Waals surface area contributed by atoms with Crippen molar-refractivity contribution in [2.75, 3.05) is 20.3 Å². The van der Waals surface area contributed by atoms with Gasteiger partial charge in [-0.3, -0.25) is 9.59 Å². The molecular formula is C30H34O9. The average molecular weight is 539 g/mol. The summed E-state index contributed by atoms with van der Waals surface area (Å²) >= 11 is 0. The van der Waals surface area contributed by atoms with E-state index in [0.29, 0.717) is 11.1 Å². The second kappa shape index (κ2) is 14.1. The third-order valence-corrected chi connectivity index (χ3v) is 5.70. The molecule has 2 aromatic rings. The normalized spacial score (nSPS) is 11.2. The standard InChI is InChI=1S/C30H34O9/c1-6-18-37-27(33)30(28(34)38-19-7-2,20-22-10-14-23(15-11-22)25(31)36-5)17-16-21-8-12-24(13-9-21)26(32)39-29(3,4)35/h6-15,35H,1-2,16-20H2,3-5H3. The number of carbonyl (C=O) groups excluding carboxylic acids is 4. The lowest BCUT2D eigenvalue weighted by Gasteiger charge is -2.29. The summed E-state index contributed by atoms with van der Waals surface area (Å²) in [5.74, 6) is -4.39. The van der Waals surface area contributed by atoms with E-state index in [-0.39, 0.29) is 38.0 Å². The Morgan fingerprint density at radius 1 is 0.795 bits per heavy atom. The summed E-state index contributed by atoms with van der Waals surface area (Å²) in [5.41, 5.74) is 0.149. The molecule has 0 aliphatic carbocycles. The van der Waals surface area contributed by atoms with Crippen LogP contribution in [0.4, 0.5) is 0 Å². The number of carbonyl (C=O) groups is 4. The molecule has 0 spiro atoms. The van der Waals surface area contributed by atoms with Crippen LogP contribution in [0, 0.1) is 5.41 Å². The smallest absolute Gasteiger partial charge is 0.340 e. The number of aryl methyl sites for hydroxylation is 1. The van der Waals surface area contributed by atoms with Gasteiger partial charge in [-0.2, -0.15) is 0 Å². The monoisotopic (exact) mass is 538 g/mol. The van der Waals surface area contributed by atoms with Crippen LogP contribution in [0.15, 0.2) is 73.8 Å². The van der Waals surface area contributed by atoms with Crippen LogP contribution in [0.3, 0.4) is 0 Å². The Labute approximate surface area is 228 Å². The maximum atomic E-state index is 13.4. The van der Waals surface area contributed by atoms with Crippen LogP contribution in [-0.4, -0.2) is 55.1 Å². The van der Waals surface area contributed by atoms with Crippen molar-refractivity contribution in [3.05, 3.63) is 96.1 Å². The zero-order valence-electron chi connectivity index (χ0n) is 22.4. The Hall–Kier alpha value is -4.24. The maximum Gasteiger partial charge on any atom is 0.340 e. The SMILES string of the molecule is C=CCOC(=O)C(CCc1ccc(C(=O)OC(C)(C)O)cc1)(Cc1ccc(C(=O)OC)cc1)C(=O)OCC=C. The van der Waals surface area contributed by atoms with E-state index in [1.165, 1.54) is 45.2 Å². The first-order valence-corrected chi connectivity index (χ1v) is 12.2. The fraction of sp³-hybridized carbons (Fsp3) is 0.333. The van der Waals surface area contributed by atoms with Crippen molar-refractivity contribution in [3.8, 4) is 0 Å². The third-order valence-electron chi connectivity index (χ3n) is 5.70. The zero-order valence-corrected chi connectivity index (χ0v) is 22.4. The molecule has 0 amide bonds. The average Bonchev–Trinajstić information content (AvgIpc) is 2.91. The van der Waals surface area contributed by atoms with Gasteiger partial charge in [-0.15, -0.1) is 0 Å². The van der Waals surface area contributed by atoms with Gasteiger partial charge in [-0.05, 0) is 54.7 Å². The van der Waals surface area contributed by atoms with Crippen molar-refractivity contribution < 1.29 is 43.2 Å². The van der Waals surface area contributed by atoms with Crippen LogP contribution in [0.25, 0.3) is 0 Å². The van der Waals surface area contributed by atoms with Crippen LogP contribution >= 0.6 is 0 Å². The highest BCUT2D eigenvalue weighted by molar-refractivity contribution is 6.00. The fourth-order valence-corrected chi connectivity index (χ4v) is 3.74. The molecule has 2 rings (SSSR count). The van der Waals surface area contributed by atoms with Gasteiger partial charge in [0.2, 0.25) is 5.79 Å². The molecule has 9 heteroatoms. The number of methoxy groups -OCH3 is 1. The van der Waals surface area contributed by atoms with Gasteiger partial charge >= 0.3 is 23.9 Å². The van der Waals surface area contributed by atoms with Crippen molar-refractivity contribution in [1.29, 1.82) is 0 Å². The van der Waals surface area contributed by atoms with Gasteiger partial charge in [0, 0.05) is 13.8 Å². The second-order valence-corrected chi connectivity index (χ2v) is 9.25. The van der Waals surface area contributed by atoms with Gasteiger partial charge in [0.15, 0.2) is 5.41 Å². The van der Waals surface area contributed by atoms with Gasteiger partial charge in [-0.25, -0.2) is 9.59 Å². The molecule has 0 unspecified atom stereocenters. The molecule has 0 heterocycles. The van der Waals surface area contributed by atoms with Gasteiger partial charge < -0.3 is 24.1 Å². The van der Waals surface area contributed by atoms with Crippen molar-refractivity contribution >= 4 is 23.9 Å². The zero-order chi connectivity index (χ0) is 29.1. The number of hydrogen-bond donors (Lipinski definition) is 1. The number of hydrogen-bond acceptors (Lipinski definition) is 9. The Balaban J connectivity index is 2.39. The summed E-state index contributed by atoms with van der Waals surface area (Å²) in [6, 6.07) is 12.7. The minimum absolute atomic E-state index is 0.0190. The quantitative estimate of drug-likeness (QED) is 0.125. The van der Waals surface area contributed by atoms with E-state index in [0.717, 1.165) is 5.56 Å². The Kier molecular flexibility index (Phi) is 11.2. The summed E-state index contributed by atoms with van der Waals surface area (Å²) in [6.07, 6.45) is 3.01. The van der Waals surface area contributed by atoms with Crippen LogP contribution in [0.1, 0.15) is 52.1 Å². The lowest BCUT2D eigenvalue weighted by atomic mass is 9.76. The molecule has 0 aliphatic heterocycles. The molecule has 0 saturated carbocycles. The first-order chi connectivity index (χ1) is 18.5. The minimum Gasteiger partial charge on any atom is -0.465 e. The Morgan fingerprint density at radius 3 is 1.69 bits per heavy atom. The highest BCUT2D eigenvalue weighted by Crippen LogP contribution is 2.33. The molecule has 2 aromatic carbocycles. The molecule has 0 atom stereocenters. The lowest BCUT2D eigenvalue weighted by molar-refractivity contribution is -0.172. The van der Waals surface area contributed by atoms with E-state index < -0.39 is 35.1 Å². The molecular weight excluding hydrogens is 504 g/mol. The molecule has 1 N–H and O–H groups in total. The third kappa shape index (κ3) is 8.93. The topological polar surface area (TPSA) is 125 Å². The van der Waals surface area contributed by atoms with E-state index >= 15 is 0 Å². The molecule has 9 nitrogen and oxygen atoms in total. The molecule has 39 heavy (non-hydrogen) atoms. The summed E-state index contributed by atoms with van der Waals surface area (Å²) in [7, 11) is 1.27. The number of ether oxygens (including phenoxy) is 4. The summed E-state index contributed by atoms with van der Waals surface area (Å²) in [5, 5.41) is 9.72. The molecule has 0 aliphatic rings. The molecule has 0 saturated heterocycles. The van der Waals surface area contributed by atoms with Gasteiger partial charge in [0.1, 0.15) is 13.2 Å².